The van der Waals surface area contributed by atoms with E-state index in [9.17, 15) is 0 Å². The van der Waals surface area contributed by atoms with Crippen molar-refractivity contribution in [3.63, 3.8) is 0 Å². The Hall–Kier alpha value is -0.120. The molecule has 0 aromatic heterocycles. The second-order valence-electron chi connectivity index (χ2n) is 0.647. The molecule has 0 aromatic rings. The molecule has 0 rings (SSSR count). The minimum Gasteiger partial charge on any atom is -0.290 e. The molecule has 1 N–H and O–H groups in total. The highest BCUT2D eigenvalue weighted by Gasteiger charge is 1.73. The summed E-state index contributed by atoms with van der Waals surface area (Å²) in [6.45, 7) is 0. The molecule has 0 saturated heterocycles. The maximum atomic E-state index is 7.97. The fraction of sp³-hybridized carbons (Fsp3) is 1.00. The zero-order chi connectivity index (χ0) is 4.28. The lowest BCUT2D eigenvalue weighted by atomic mass is 11.5. The Kier molecular flexibility index (Phi) is 2.09. The molecular weight excluding hydrogens is 70.0 g/mol. The van der Waals surface area contributed by atoms with Gasteiger partial charge in [0.25, 0.3) is 0 Å². The third-order valence-electron chi connectivity index (χ3n) is 0.264. The molecule has 3 nitrogen and oxygen atoms in total. The summed E-state index contributed by atoms with van der Waals surface area (Å²) < 4.78 is 0. The lowest BCUT2D eigenvalue weighted by molar-refractivity contribution is -0.307. The van der Waals surface area contributed by atoms with Gasteiger partial charge >= 0.3 is 0 Å². The van der Waals surface area contributed by atoms with E-state index in [1.165, 1.54) is 14.2 Å². The third-order valence-corrected chi connectivity index (χ3v) is 0.264. The lowest BCUT2D eigenvalue weighted by Gasteiger charge is -1.98. The van der Waals surface area contributed by atoms with E-state index in [0.29, 0.717) is 5.23 Å². The molecule has 0 spiro atoms. The van der Waals surface area contributed by atoms with Crippen molar-refractivity contribution in [2.75, 3.05) is 14.2 Å². The molecule has 0 aromatic carbocycles. The van der Waals surface area contributed by atoms with Crippen LogP contribution in [0.1, 0.15) is 0 Å². The maximum Gasteiger partial charge on any atom is 0.0601 e. The van der Waals surface area contributed by atoms with Crippen LogP contribution < -0.4 is 0 Å². The Labute approximate surface area is 30.7 Å². The first-order valence-corrected chi connectivity index (χ1v) is 1.24. The van der Waals surface area contributed by atoms with E-state index in [2.05, 4.69) is 4.84 Å². The Morgan fingerprint density at radius 3 is 2.00 bits per heavy atom. The molecule has 0 fully saturated rings. The highest BCUT2D eigenvalue weighted by molar-refractivity contribution is 3.76. The Bertz CT molecular complexity index is 21.6. The topological polar surface area (TPSA) is 32.7 Å². The normalized spacial score (nSPS) is 9.60. The van der Waals surface area contributed by atoms with Gasteiger partial charge in [0.2, 0.25) is 0 Å². The average molecular weight is 77.1 g/mol. The summed E-state index contributed by atoms with van der Waals surface area (Å²) in [5.41, 5.74) is 0. The Balaban J connectivity index is 2.54. The predicted molar refractivity (Wildman–Crippen MR) is 16.6 cm³/mol. The summed E-state index contributed by atoms with van der Waals surface area (Å²) in [4.78, 5) is 4.14. The van der Waals surface area contributed by atoms with Gasteiger partial charge in [-0.05, 0) is 0 Å². The number of hydroxylamine groups is 2. The number of nitrogens with zero attached hydrogens (tertiary/aromatic N) is 1. The first-order chi connectivity index (χ1) is 2.27. The number of hydrogen-bond donors (Lipinski definition) is 1. The second kappa shape index (κ2) is 2.14. The monoisotopic (exact) mass is 77.0 g/mol. The van der Waals surface area contributed by atoms with Gasteiger partial charge in [-0.1, -0.05) is 5.23 Å². The first kappa shape index (κ1) is 4.88. The van der Waals surface area contributed by atoms with Crippen LogP contribution in [-0.2, 0) is 4.84 Å². The molecule has 0 bridgehead atoms. The van der Waals surface area contributed by atoms with Gasteiger partial charge in [0, 0.05) is 7.05 Å². The van der Waals surface area contributed by atoms with Crippen LogP contribution in [0.15, 0.2) is 0 Å². The zero-order valence-electron chi connectivity index (χ0n) is 3.30. The van der Waals surface area contributed by atoms with Crippen LogP contribution >= 0.6 is 0 Å². The zero-order valence-corrected chi connectivity index (χ0v) is 3.30. The number of hydrogen-bond acceptors (Lipinski definition) is 3. The largest absolute Gasteiger partial charge is 0.290 e. The van der Waals surface area contributed by atoms with Gasteiger partial charge in [0.1, 0.15) is 0 Å². The molecule has 0 unspecified atom stereocenters. The molecule has 3 heteroatoms. The van der Waals surface area contributed by atoms with Crippen LogP contribution in [0.4, 0.5) is 0 Å². The van der Waals surface area contributed by atoms with E-state index in [1.807, 2.05) is 0 Å². The van der Waals surface area contributed by atoms with Crippen molar-refractivity contribution in [3.8, 4) is 0 Å². The van der Waals surface area contributed by atoms with Crippen LogP contribution in [0, 0.1) is 0 Å². The molecule has 0 aliphatic carbocycles. The van der Waals surface area contributed by atoms with Crippen molar-refractivity contribution in [3.05, 3.63) is 0 Å². The third kappa shape index (κ3) is 3.88. The van der Waals surface area contributed by atoms with E-state index in [4.69, 9.17) is 5.21 Å². The summed E-state index contributed by atoms with van der Waals surface area (Å²) in [7, 11) is 2.76. The van der Waals surface area contributed by atoms with Gasteiger partial charge in [0.15, 0.2) is 0 Å². The molecule has 0 aliphatic rings. The molecule has 0 saturated carbocycles. The van der Waals surface area contributed by atoms with E-state index in [1.54, 1.807) is 0 Å². The summed E-state index contributed by atoms with van der Waals surface area (Å²) >= 11 is 0. The standard InChI is InChI=1S/C2H7NO2/c1-3(4)5-2/h4H,1-2H3. The van der Waals surface area contributed by atoms with Crippen LogP contribution in [0.2, 0.25) is 0 Å². The van der Waals surface area contributed by atoms with Gasteiger partial charge in [-0.25, -0.2) is 0 Å². The quantitative estimate of drug-likeness (QED) is 0.442. The van der Waals surface area contributed by atoms with Crippen molar-refractivity contribution in [2.24, 2.45) is 0 Å². The predicted octanol–water partition coefficient (Wildman–Crippen LogP) is -0.131. The summed E-state index contributed by atoms with van der Waals surface area (Å²) in [6.07, 6.45) is 0. The first-order valence-electron chi connectivity index (χ1n) is 1.24. The van der Waals surface area contributed by atoms with E-state index < -0.39 is 0 Å². The molecular formula is C2H7NO2. The van der Waals surface area contributed by atoms with Crippen molar-refractivity contribution in [1.82, 2.24) is 5.23 Å². The molecule has 0 aliphatic heterocycles. The summed E-state index contributed by atoms with van der Waals surface area (Å²) in [6, 6.07) is 0. The van der Waals surface area contributed by atoms with Crippen molar-refractivity contribution >= 4 is 0 Å². The van der Waals surface area contributed by atoms with Gasteiger partial charge in [-0.2, -0.15) is 0 Å². The summed E-state index contributed by atoms with van der Waals surface area (Å²) in [5.74, 6) is 0. The Morgan fingerprint density at radius 2 is 2.00 bits per heavy atom. The van der Waals surface area contributed by atoms with Crippen molar-refractivity contribution in [1.29, 1.82) is 0 Å². The van der Waals surface area contributed by atoms with E-state index >= 15 is 0 Å². The van der Waals surface area contributed by atoms with E-state index in [0.717, 1.165) is 0 Å². The van der Waals surface area contributed by atoms with E-state index in [-0.39, 0.29) is 0 Å². The van der Waals surface area contributed by atoms with Crippen LogP contribution in [0.25, 0.3) is 0 Å². The molecule has 0 atom stereocenters. The van der Waals surface area contributed by atoms with Crippen molar-refractivity contribution < 1.29 is 10.0 Å². The fourth-order valence-corrected chi connectivity index (χ4v) is 0. The minimum absolute atomic E-state index is 0.625. The second-order valence-corrected chi connectivity index (χ2v) is 0.647. The van der Waals surface area contributed by atoms with Gasteiger partial charge in [-0.15, -0.1) is 0 Å². The lowest BCUT2D eigenvalue weighted by Crippen LogP contribution is -2.08. The summed E-state index contributed by atoms with van der Waals surface area (Å²) in [5, 5.41) is 8.60. The van der Waals surface area contributed by atoms with Crippen LogP contribution in [-0.4, -0.2) is 24.6 Å². The molecule has 5 heavy (non-hydrogen) atoms. The highest BCUT2D eigenvalue weighted by atomic mass is 16.9. The van der Waals surface area contributed by atoms with Gasteiger partial charge in [0.05, 0.1) is 7.11 Å². The average Bonchev–Trinajstić information content (AvgIpc) is 1.38. The smallest absolute Gasteiger partial charge is 0.0601 e. The van der Waals surface area contributed by atoms with Crippen molar-refractivity contribution in [2.45, 2.75) is 0 Å². The highest BCUT2D eigenvalue weighted by Crippen LogP contribution is 1.63. The molecule has 0 radical (unpaired) electrons. The van der Waals surface area contributed by atoms with Crippen LogP contribution in [0.3, 0.4) is 0 Å². The Morgan fingerprint density at radius 1 is 1.80 bits per heavy atom. The van der Waals surface area contributed by atoms with Gasteiger partial charge in [-0.3, -0.25) is 10.0 Å². The van der Waals surface area contributed by atoms with Crippen LogP contribution in [0.5, 0.6) is 0 Å². The maximum absolute atomic E-state index is 7.97. The molecule has 32 valence electrons. The van der Waals surface area contributed by atoms with Gasteiger partial charge < -0.3 is 0 Å². The molecule has 0 amide bonds. The minimum atomic E-state index is 0.625. The fourth-order valence-electron chi connectivity index (χ4n) is 0. The molecule has 0 heterocycles. The number of rotatable bonds is 1. The SMILES string of the molecule is CON(C)O.